The molecule has 0 fully saturated rings. The fraction of sp³-hybridized carbons (Fsp3) is 0.896. The fourth-order valence-corrected chi connectivity index (χ4v) is 13.0. The van der Waals surface area contributed by atoms with Gasteiger partial charge in [-0.3, -0.25) is 37.3 Å². The van der Waals surface area contributed by atoms with E-state index < -0.39 is 97.5 Å². The van der Waals surface area contributed by atoms with Crippen LogP contribution < -0.4 is 0 Å². The summed E-state index contributed by atoms with van der Waals surface area (Å²) in [6, 6.07) is 0. The first-order valence-corrected chi connectivity index (χ1v) is 42.6. The third kappa shape index (κ3) is 70.0. The zero-order valence-corrected chi connectivity index (χ0v) is 63.6. The van der Waals surface area contributed by atoms with Gasteiger partial charge in [-0.2, -0.15) is 0 Å². The lowest BCUT2D eigenvalue weighted by atomic mass is 10.0. The second-order valence-corrected chi connectivity index (χ2v) is 30.0. The van der Waals surface area contributed by atoms with Gasteiger partial charge in [0.1, 0.15) is 19.3 Å². The van der Waals surface area contributed by atoms with E-state index in [0.717, 1.165) is 109 Å². The quantitative estimate of drug-likeness (QED) is 0.0169. The Morgan fingerprint density at radius 1 is 0.292 bits per heavy atom. The maximum atomic E-state index is 13.1. The summed E-state index contributed by atoms with van der Waals surface area (Å²) in [4.78, 5) is 72.8. The number of aliphatic hydroxyl groups is 1. The number of hydrogen-bond acceptors (Lipinski definition) is 15. The highest BCUT2D eigenvalue weighted by Gasteiger charge is 2.30. The van der Waals surface area contributed by atoms with Gasteiger partial charge in [0.05, 0.1) is 26.4 Å². The molecule has 0 radical (unpaired) electrons. The van der Waals surface area contributed by atoms with Crippen LogP contribution in [0.2, 0.25) is 0 Å². The maximum Gasteiger partial charge on any atom is 0.472 e. The third-order valence-electron chi connectivity index (χ3n) is 17.5. The van der Waals surface area contributed by atoms with Gasteiger partial charge in [0.15, 0.2) is 12.2 Å². The molecule has 0 heterocycles. The van der Waals surface area contributed by atoms with Crippen molar-refractivity contribution >= 4 is 39.5 Å². The summed E-state index contributed by atoms with van der Waals surface area (Å²) in [5.41, 5.74) is 0. The van der Waals surface area contributed by atoms with E-state index in [2.05, 4.69) is 52.0 Å². The molecule has 17 nitrogen and oxygen atoms in total. The van der Waals surface area contributed by atoms with Gasteiger partial charge in [0.2, 0.25) is 0 Å². The number of phosphoric ester groups is 2. The van der Waals surface area contributed by atoms with Crippen LogP contribution in [-0.4, -0.2) is 96.7 Å². The van der Waals surface area contributed by atoms with Crippen LogP contribution in [0.4, 0.5) is 0 Å². The zero-order valence-electron chi connectivity index (χ0n) is 61.8. The predicted octanol–water partition coefficient (Wildman–Crippen LogP) is 22.6. The largest absolute Gasteiger partial charge is 0.472 e. The van der Waals surface area contributed by atoms with E-state index in [0.29, 0.717) is 25.7 Å². The van der Waals surface area contributed by atoms with E-state index >= 15 is 0 Å². The monoisotopic (exact) mass is 1410 g/mol. The van der Waals surface area contributed by atoms with Gasteiger partial charge in [-0.05, 0) is 51.4 Å². The highest BCUT2D eigenvalue weighted by Crippen LogP contribution is 2.45. The van der Waals surface area contributed by atoms with Crippen molar-refractivity contribution in [2.75, 3.05) is 39.6 Å². The standard InChI is InChI=1S/C77H146O17P2/c1-5-9-13-17-21-25-28-31-34-36-39-42-45-48-52-56-60-64-77(82)94-73(68-88-75(80)62-58-54-50-46-43-40-38-35-32-29-26-22-18-14-10-6-2)70-92-96(85,86)90-66-71(78)65-89-95(83,84)91-69-72(67-87-74(79)61-57-53-49-24-20-16-12-8-4)93-76(81)63-59-55-51-47-44-41-37-33-30-27-23-19-15-11-7-3/h27,30,33,37,71-73,78H,5-26,28-29,31-32,34-36,38-70H2,1-4H3,(H,83,84)(H,85,86)/b30-27-,37-33-/t71-,72+,73+/m0/s1. The molecule has 3 N–H and O–H groups in total. The second kappa shape index (κ2) is 71.0. The second-order valence-electron chi connectivity index (χ2n) is 27.1. The summed E-state index contributed by atoms with van der Waals surface area (Å²) in [6.07, 6.45) is 64.6. The van der Waals surface area contributed by atoms with Crippen LogP contribution in [0, 0.1) is 0 Å². The molecular weight excluding hydrogens is 1260 g/mol. The Kier molecular flexibility index (Phi) is 69.1. The van der Waals surface area contributed by atoms with Crippen molar-refractivity contribution in [2.45, 2.75) is 406 Å². The van der Waals surface area contributed by atoms with Crippen molar-refractivity contribution in [3.8, 4) is 0 Å². The number of unbranched alkanes of at least 4 members (excludes halogenated alkanes) is 47. The van der Waals surface area contributed by atoms with Gasteiger partial charge in [-0.15, -0.1) is 0 Å². The Morgan fingerprint density at radius 2 is 0.500 bits per heavy atom. The highest BCUT2D eigenvalue weighted by molar-refractivity contribution is 7.47. The van der Waals surface area contributed by atoms with Crippen LogP contribution in [0.25, 0.3) is 0 Å². The summed E-state index contributed by atoms with van der Waals surface area (Å²) >= 11 is 0. The molecule has 96 heavy (non-hydrogen) atoms. The SMILES string of the molecule is CCCCCC/C=C\C=C/CCCCCCCC(=O)O[C@H](COC(=O)CCCCCCCCCC)COP(=O)(O)OC[C@H](O)COP(=O)(O)OC[C@@H](COC(=O)CCCCCCCCCCCCCCCCCC)OC(=O)CCCCCCCCCCCCCCCCCCC. The van der Waals surface area contributed by atoms with Crippen LogP contribution in [0.5, 0.6) is 0 Å². The van der Waals surface area contributed by atoms with Crippen molar-refractivity contribution < 1.29 is 80.2 Å². The van der Waals surface area contributed by atoms with Crippen molar-refractivity contribution in [3.63, 3.8) is 0 Å². The molecule has 5 atom stereocenters. The van der Waals surface area contributed by atoms with E-state index in [4.69, 9.17) is 37.0 Å². The van der Waals surface area contributed by atoms with Gasteiger partial charge in [0, 0.05) is 25.7 Å². The molecule has 0 saturated carbocycles. The number of hydrogen-bond donors (Lipinski definition) is 3. The number of rotatable bonds is 76. The van der Waals surface area contributed by atoms with E-state index in [1.165, 1.54) is 199 Å². The third-order valence-corrected chi connectivity index (χ3v) is 19.4. The van der Waals surface area contributed by atoms with E-state index in [-0.39, 0.29) is 25.7 Å². The first kappa shape index (κ1) is 93.5. The lowest BCUT2D eigenvalue weighted by Gasteiger charge is -2.21. The average Bonchev–Trinajstić information content (AvgIpc) is 1.59. The minimum Gasteiger partial charge on any atom is -0.462 e. The molecule has 0 aromatic rings. The molecule has 0 aromatic carbocycles. The molecule has 0 aromatic heterocycles. The van der Waals surface area contributed by atoms with Crippen molar-refractivity contribution in [2.24, 2.45) is 0 Å². The number of allylic oxidation sites excluding steroid dienone is 4. The Hall–Kier alpha value is -2.46. The molecule has 0 rings (SSSR count). The van der Waals surface area contributed by atoms with Gasteiger partial charge < -0.3 is 33.8 Å². The number of aliphatic hydroxyl groups excluding tert-OH is 1. The highest BCUT2D eigenvalue weighted by atomic mass is 31.2. The molecule has 0 bridgehead atoms. The van der Waals surface area contributed by atoms with Gasteiger partial charge in [0.25, 0.3) is 0 Å². The molecule has 0 aliphatic carbocycles. The number of carbonyl (C=O) groups excluding carboxylic acids is 4. The van der Waals surface area contributed by atoms with E-state index in [1.807, 2.05) is 0 Å². The number of phosphoric acid groups is 2. The lowest BCUT2D eigenvalue weighted by molar-refractivity contribution is -0.161. The molecule has 0 saturated heterocycles. The van der Waals surface area contributed by atoms with Gasteiger partial charge >= 0.3 is 39.5 Å². The lowest BCUT2D eigenvalue weighted by Crippen LogP contribution is -2.30. The van der Waals surface area contributed by atoms with Crippen LogP contribution in [0.1, 0.15) is 387 Å². The van der Waals surface area contributed by atoms with Gasteiger partial charge in [-0.25, -0.2) is 9.13 Å². The van der Waals surface area contributed by atoms with Crippen molar-refractivity contribution in [1.82, 2.24) is 0 Å². The van der Waals surface area contributed by atoms with Crippen LogP contribution >= 0.6 is 15.6 Å². The first-order valence-electron chi connectivity index (χ1n) is 39.6. The zero-order chi connectivity index (χ0) is 70.4. The number of ether oxygens (including phenoxy) is 4. The Balaban J connectivity index is 5.24. The van der Waals surface area contributed by atoms with Crippen LogP contribution in [0.3, 0.4) is 0 Å². The summed E-state index contributed by atoms with van der Waals surface area (Å²) < 4.78 is 68.5. The minimum absolute atomic E-state index is 0.0854. The molecule has 2 unspecified atom stereocenters. The van der Waals surface area contributed by atoms with E-state index in [1.54, 1.807) is 0 Å². The summed E-state index contributed by atoms with van der Waals surface area (Å²) in [7, 11) is -9.92. The van der Waals surface area contributed by atoms with Crippen LogP contribution in [0.15, 0.2) is 24.3 Å². The first-order chi connectivity index (χ1) is 46.7. The van der Waals surface area contributed by atoms with Gasteiger partial charge in [-0.1, -0.05) is 335 Å². The summed E-state index contributed by atoms with van der Waals surface area (Å²) in [5, 5.41) is 10.6. The number of esters is 4. The van der Waals surface area contributed by atoms with Crippen molar-refractivity contribution in [1.29, 1.82) is 0 Å². The molecule has 19 heteroatoms. The Bertz CT molecular complexity index is 1920. The average molecular weight is 1410 g/mol. The van der Waals surface area contributed by atoms with E-state index in [9.17, 15) is 43.2 Å². The molecule has 0 aliphatic rings. The Morgan fingerprint density at radius 3 is 0.760 bits per heavy atom. The molecule has 0 spiro atoms. The molecular formula is C77H146O17P2. The summed E-state index contributed by atoms with van der Waals surface area (Å²) in [6.45, 7) is 4.91. The molecule has 0 aliphatic heterocycles. The molecule has 566 valence electrons. The molecule has 0 amide bonds. The number of carbonyl (C=O) groups is 4. The normalized spacial score (nSPS) is 14.0. The topological polar surface area (TPSA) is 237 Å². The smallest absolute Gasteiger partial charge is 0.462 e. The predicted molar refractivity (Wildman–Crippen MR) is 391 cm³/mol. The minimum atomic E-state index is -4.96. The Labute approximate surface area is 586 Å². The fourth-order valence-electron chi connectivity index (χ4n) is 11.4. The van der Waals surface area contributed by atoms with Crippen molar-refractivity contribution in [3.05, 3.63) is 24.3 Å². The van der Waals surface area contributed by atoms with Crippen LogP contribution in [-0.2, 0) is 65.4 Å². The summed E-state index contributed by atoms with van der Waals surface area (Å²) in [5.74, 6) is -2.14. The maximum absolute atomic E-state index is 13.1.